The molecule has 1 aromatic rings. The Morgan fingerprint density at radius 3 is 2.33 bits per heavy atom. The molecule has 7 heteroatoms. The molecule has 2 N–H and O–H groups in total. The van der Waals surface area contributed by atoms with Crippen LogP contribution in [0.15, 0.2) is 24.3 Å². The zero-order valence-electron chi connectivity index (χ0n) is 16.0. The van der Waals surface area contributed by atoms with Crippen LogP contribution in [0.1, 0.15) is 49.9 Å². The first-order valence-electron chi connectivity index (χ1n) is 9.58. The summed E-state index contributed by atoms with van der Waals surface area (Å²) in [5, 5.41) is 5.66. The number of nitrogens with zero attached hydrogens (tertiary/aromatic N) is 1. The van der Waals surface area contributed by atoms with Crippen molar-refractivity contribution in [3.63, 3.8) is 0 Å². The number of carbonyl (C=O) groups excluding carboxylic acids is 3. The van der Waals surface area contributed by atoms with Crippen LogP contribution in [-0.4, -0.2) is 48.3 Å². The van der Waals surface area contributed by atoms with Gasteiger partial charge in [0.2, 0.25) is 11.8 Å². The first-order valence-corrected chi connectivity index (χ1v) is 9.58. The number of carbonyl (C=O) groups is 3. The second-order valence-corrected chi connectivity index (χ2v) is 6.82. The van der Waals surface area contributed by atoms with E-state index in [1.165, 1.54) is 24.3 Å². The second kappa shape index (κ2) is 10.0. The number of hydrogen-bond acceptors (Lipinski definition) is 3. The number of rotatable bonds is 7. The largest absolute Gasteiger partial charge is 0.354 e. The highest BCUT2D eigenvalue weighted by molar-refractivity contribution is 5.97. The Bertz CT molecular complexity index is 655. The van der Waals surface area contributed by atoms with Crippen LogP contribution in [0.25, 0.3) is 0 Å². The Kier molecular flexibility index (Phi) is 7.76. The van der Waals surface area contributed by atoms with E-state index in [-0.39, 0.29) is 17.7 Å². The van der Waals surface area contributed by atoms with Gasteiger partial charge in [-0.3, -0.25) is 14.4 Å². The van der Waals surface area contributed by atoms with Crippen molar-refractivity contribution < 1.29 is 18.8 Å². The molecule has 1 fully saturated rings. The Labute approximate surface area is 159 Å². The fourth-order valence-corrected chi connectivity index (χ4v) is 3.29. The molecule has 1 aliphatic rings. The highest BCUT2D eigenvalue weighted by Crippen LogP contribution is 2.22. The van der Waals surface area contributed by atoms with Gasteiger partial charge in [0.1, 0.15) is 11.9 Å². The highest BCUT2D eigenvalue weighted by Gasteiger charge is 2.33. The molecule has 0 spiro atoms. The highest BCUT2D eigenvalue weighted by atomic mass is 19.1. The summed E-state index contributed by atoms with van der Waals surface area (Å²) >= 11 is 0. The van der Waals surface area contributed by atoms with E-state index in [4.69, 9.17) is 0 Å². The lowest BCUT2D eigenvalue weighted by atomic mass is 9.88. The third-order valence-corrected chi connectivity index (χ3v) is 4.89. The Morgan fingerprint density at radius 1 is 1.15 bits per heavy atom. The van der Waals surface area contributed by atoms with Gasteiger partial charge in [-0.05, 0) is 49.4 Å². The van der Waals surface area contributed by atoms with Gasteiger partial charge < -0.3 is 15.5 Å². The van der Waals surface area contributed by atoms with Gasteiger partial charge in [-0.1, -0.05) is 13.8 Å². The van der Waals surface area contributed by atoms with Gasteiger partial charge in [-0.2, -0.15) is 0 Å². The summed E-state index contributed by atoms with van der Waals surface area (Å²) in [5.74, 6) is -0.981. The normalized spacial score (nSPS) is 15.9. The lowest BCUT2D eigenvalue weighted by Gasteiger charge is -2.35. The maximum absolute atomic E-state index is 13.1. The Balaban J connectivity index is 2.07. The number of halogens is 1. The third-order valence-electron chi connectivity index (χ3n) is 4.89. The van der Waals surface area contributed by atoms with E-state index in [0.717, 1.165) is 6.42 Å². The second-order valence-electron chi connectivity index (χ2n) is 6.82. The van der Waals surface area contributed by atoms with Crippen molar-refractivity contribution >= 4 is 17.7 Å². The van der Waals surface area contributed by atoms with Crippen LogP contribution >= 0.6 is 0 Å². The summed E-state index contributed by atoms with van der Waals surface area (Å²) in [7, 11) is 0. The molecular weight excluding hydrogens is 349 g/mol. The van der Waals surface area contributed by atoms with Crippen LogP contribution in [0, 0.1) is 11.7 Å². The van der Waals surface area contributed by atoms with Crippen LogP contribution in [0.2, 0.25) is 0 Å². The molecular formula is C20H28FN3O3. The van der Waals surface area contributed by atoms with Crippen molar-refractivity contribution in [3.8, 4) is 0 Å². The topological polar surface area (TPSA) is 78.5 Å². The van der Waals surface area contributed by atoms with Crippen LogP contribution in [0.5, 0.6) is 0 Å². The maximum Gasteiger partial charge on any atom is 0.251 e. The number of amides is 3. The molecule has 1 saturated heterocycles. The van der Waals surface area contributed by atoms with Gasteiger partial charge in [-0.15, -0.1) is 0 Å². The van der Waals surface area contributed by atoms with Crippen molar-refractivity contribution in [1.29, 1.82) is 0 Å². The molecule has 148 valence electrons. The van der Waals surface area contributed by atoms with Crippen molar-refractivity contribution in [1.82, 2.24) is 15.5 Å². The standard InChI is InChI=1S/C20H28FN3O3/c1-3-11-22-20(27)18(14-9-12-24(13-10-14)17(25)4-2)23-19(26)15-5-7-16(21)8-6-15/h5-8,14,18H,3-4,9-13H2,1-2H3,(H,22,27)(H,23,26). The SMILES string of the molecule is CCCNC(=O)C(NC(=O)c1ccc(F)cc1)C1CCN(C(=O)CC)CC1. The number of piperidine rings is 1. The summed E-state index contributed by atoms with van der Waals surface area (Å²) in [6.45, 7) is 5.50. The summed E-state index contributed by atoms with van der Waals surface area (Å²) in [5.41, 5.74) is 0.309. The van der Waals surface area contributed by atoms with Crippen molar-refractivity contribution in [2.24, 2.45) is 5.92 Å². The molecule has 3 amide bonds. The van der Waals surface area contributed by atoms with Crippen LogP contribution in [0.4, 0.5) is 4.39 Å². The van der Waals surface area contributed by atoms with Crippen molar-refractivity contribution in [2.75, 3.05) is 19.6 Å². The minimum atomic E-state index is -0.673. The van der Waals surface area contributed by atoms with Gasteiger partial charge in [0.15, 0.2) is 0 Å². The molecule has 27 heavy (non-hydrogen) atoms. The quantitative estimate of drug-likeness (QED) is 0.764. The first kappa shape index (κ1) is 20.9. The molecule has 1 unspecified atom stereocenters. The molecule has 1 atom stereocenters. The van der Waals surface area contributed by atoms with E-state index < -0.39 is 17.8 Å². The molecule has 2 rings (SSSR count). The lowest BCUT2D eigenvalue weighted by Crippen LogP contribution is -2.53. The summed E-state index contributed by atoms with van der Waals surface area (Å²) in [6.07, 6.45) is 2.57. The minimum absolute atomic E-state index is 0.0489. The monoisotopic (exact) mass is 377 g/mol. The van der Waals surface area contributed by atoms with E-state index in [0.29, 0.717) is 44.5 Å². The van der Waals surface area contributed by atoms with E-state index in [2.05, 4.69) is 10.6 Å². The Hall–Kier alpha value is -2.44. The molecule has 0 aliphatic carbocycles. The fourth-order valence-electron chi connectivity index (χ4n) is 3.29. The van der Waals surface area contributed by atoms with Crippen LogP contribution in [0.3, 0.4) is 0 Å². The van der Waals surface area contributed by atoms with Gasteiger partial charge in [0.05, 0.1) is 0 Å². The van der Waals surface area contributed by atoms with Gasteiger partial charge >= 0.3 is 0 Å². The van der Waals surface area contributed by atoms with Gasteiger partial charge in [0.25, 0.3) is 5.91 Å². The van der Waals surface area contributed by atoms with Crippen LogP contribution in [-0.2, 0) is 9.59 Å². The maximum atomic E-state index is 13.1. The summed E-state index contributed by atoms with van der Waals surface area (Å²) in [4.78, 5) is 38.8. The molecule has 0 bridgehead atoms. The first-order chi connectivity index (χ1) is 13.0. The number of nitrogens with one attached hydrogen (secondary N) is 2. The van der Waals surface area contributed by atoms with Gasteiger partial charge in [-0.25, -0.2) is 4.39 Å². The van der Waals surface area contributed by atoms with Crippen LogP contribution < -0.4 is 10.6 Å². The summed E-state index contributed by atoms with van der Waals surface area (Å²) in [6, 6.07) is 4.56. The molecule has 1 heterocycles. The predicted molar refractivity (Wildman–Crippen MR) is 101 cm³/mol. The van der Waals surface area contributed by atoms with E-state index in [9.17, 15) is 18.8 Å². The average Bonchev–Trinajstić information content (AvgIpc) is 2.70. The summed E-state index contributed by atoms with van der Waals surface area (Å²) < 4.78 is 13.1. The molecule has 6 nitrogen and oxygen atoms in total. The van der Waals surface area contributed by atoms with Crippen molar-refractivity contribution in [3.05, 3.63) is 35.6 Å². The smallest absolute Gasteiger partial charge is 0.251 e. The zero-order chi connectivity index (χ0) is 19.8. The fraction of sp³-hybridized carbons (Fsp3) is 0.550. The third kappa shape index (κ3) is 5.77. The number of likely N-dealkylation sites (tertiary alicyclic amines) is 1. The number of benzene rings is 1. The predicted octanol–water partition coefficient (Wildman–Crippen LogP) is 2.10. The lowest BCUT2D eigenvalue weighted by molar-refractivity contribution is -0.132. The molecule has 1 aliphatic heterocycles. The van der Waals surface area contributed by atoms with E-state index >= 15 is 0 Å². The molecule has 0 aromatic heterocycles. The average molecular weight is 377 g/mol. The molecule has 1 aromatic carbocycles. The molecule has 0 saturated carbocycles. The minimum Gasteiger partial charge on any atom is -0.354 e. The Morgan fingerprint density at radius 2 is 1.78 bits per heavy atom. The van der Waals surface area contributed by atoms with E-state index in [1.807, 2.05) is 13.8 Å². The van der Waals surface area contributed by atoms with Gasteiger partial charge in [0, 0.05) is 31.6 Å². The zero-order valence-corrected chi connectivity index (χ0v) is 16.0. The number of hydrogen-bond donors (Lipinski definition) is 2. The van der Waals surface area contributed by atoms with E-state index in [1.54, 1.807) is 4.90 Å². The molecule has 0 radical (unpaired) electrons. The van der Waals surface area contributed by atoms with Crippen molar-refractivity contribution in [2.45, 2.75) is 45.6 Å².